The summed E-state index contributed by atoms with van der Waals surface area (Å²) in [4.78, 5) is 14.4. The molecule has 49 heavy (non-hydrogen) atoms. The highest BCUT2D eigenvalue weighted by Gasteiger charge is 2.15. The Morgan fingerprint density at radius 3 is 1.84 bits per heavy atom. The van der Waals surface area contributed by atoms with E-state index in [0.29, 0.717) is 0 Å². The standard InChI is InChI=1S/C45H32N4/c1-3-10-35(11-4-1)45-47-41(29-42(48-45)34-23-19-32(20-24-34)37-12-9-27-46-30-37)33-21-17-31(18-22-33)36-25-26-40-39-15-7-8-16-43(39)49(44(40)28-36)38-13-5-2-6-14-38/h2-3,5-30H,1,4H2. The molecule has 0 unspecified atom stereocenters. The molecular weight excluding hydrogens is 597 g/mol. The third-order valence-electron chi connectivity index (χ3n) is 9.36. The van der Waals surface area contributed by atoms with E-state index in [9.17, 15) is 0 Å². The van der Waals surface area contributed by atoms with Gasteiger partial charge in [0.05, 0.1) is 22.4 Å². The van der Waals surface area contributed by atoms with Gasteiger partial charge in [0, 0.05) is 45.6 Å². The van der Waals surface area contributed by atoms with Crippen molar-refractivity contribution in [3.63, 3.8) is 0 Å². The number of fused-ring (bicyclic) bond motifs is 3. The van der Waals surface area contributed by atoms with E-state index >= 15 is 0 Å². The molecule has 9 rings (SSSR count). The van der Waals surface area contributed by atoms with E-state index in [1.54, 1.807) is 6.20 Å². The van der Waals surface area contributed by atoms with Gasteiger partial charge in [0.1, 0.15) is 0 Å². The molecule has 0 atom stereocenters. The van der Waals surface area contributed by atoms with Crippen LogP contribution in [0.1, 0.15) is 18.7 Å². The van der Waals surface area contributed by atoms with Gasteiger partial charge in [-0.15, -0.1) is 0 Å². The van der Waals surface area contributed by atoms with Crippen LogP contribution < -0.4 is 0 Å². The molecule has 0 fully saturated rings. The van der Waals surface area contributed by atoms with Crippen LogP contribution in [0.5, 0.6) is 0 Å². The van der Waals surface area contributed by atoms with E-state index in [2.05, 4.69) is 161 Å². The molecule has 1 aliphatic carbocycles. The number of allylic oxidation sites excluding steroid dienone is 4. The fourth-order valence-electron chi connectivity index (χ4n) is 6.86. The van der Waals surface area contributed by atoms with E-state index in [4.69, 9.17) is 9.97 Å². The summed E-state index contributed by atoms with van der Waals surface area (Å²) in [6.07, 6.45) is 12.3. The van der Waals surface area contributed by atoms with E-state index in [0.717, 1.165) is 69.1 Å². The molecule has 0 bridgehead atoms. The van der Waals surface area contributed by atoms with Crippen molar-refractivity contribution in [3.05, 3.63) is 176 Å². The lowest BCUT2D eigenvalue weighted by Crippen LogP contribution is -1.99. The zero-order valence-electron chi connectivity index (χ0n) is 26.9. The fraction of sp³-hybridized carbons (Fsp3) is 0.0444. The highest BCUT2D eigenvalue weighted by molar-refractivity contribution is 6.10. The van der Waals surface area contributed by atoms with E-state index in [1.165, 1.54) is 27.4 Å². The normalized spacial score (nSPS) is 12.8. The lowest BCUT2D eigenvalue weighted by molar-refractivity contribution is 1.03. The minimum Gasteiger partial charge on any atom is -0.309 e. The summed E-state index contributed by atoms with van der Waals surface area (Å²) >= 11 is 0. The van der Waals surface area contributed by atoms with Gasteiger partial charge in [0.15, 0.2) is 5.82 Å². The molecule has 0 N–H and O–H groups in total. The molecule has 3 aromatic heterocycles. The molecule has 3 heterocycles. The van der Waals surface area contributed by atoms with Gasteiger partial charge in [0.2, 0.25) is 0 Å². The average Bonchev–Trinajstić information content (AvgIpc) is 3.52. The fourth-order valence-corrected chi connectivity index (χ4v) is 6.86. The molecule has 1 aliphatic rings. The molecule has 4 nitrogen and oxygen atoms in total. The van der Waals surface area contributed by atoms with Crippen LogP contribution in [-0.2, 0) is 0 Å². The Hall–Kier alpha value is -6.39. The first-order chi connectivity index (χ1) is 24.3. The Balaban J connectivity index is 1.10. The Morgan fingerprint density at radius 2 is 1.14 bits per heavy atom. The third kappa shape index (κ3) is 5.43. The first-order valence-corrected chi connectivity index (χ1v) is 16.7. The Labute approximate surface area is 285 Å². The summed E-state index contributed by atoms with van der Waals surface area (Å²) in [5.41, 5.74) is 13.1. The van der Waals surface area contributed by atoms with Crippen molar-refractivity contribution >= 4 is 27.4 Å². The average molecular weight is 629 g/mol. The number of pyridine rings is 1. The minimum absolute atomic E-state index is 0.753. The maximum absolute atomic E-state index is 5.09. The Bertz CT molecular complexity index is 2510. The first-order valence-electron chi connectivity index (χ1n) is 16.7. The molecular formula is C45H32N4. The van der Waals surface area contributed by atoms with Gasteiger partial charge < -0.3 is 4.57 Å². The molecule has 0 aliphatic heterocycles. The van der Waals surface area contributed by atoms with Gasteiger partial charge in [-0.05, 0) is 71.5 Å². The van der Waals surface area contributed by atoms with Crippen molar-refractivity contribution < 1.29 is 0 Å². The molecule has 0 saturated carbocycles. The maximum atomic E-state index is 5.09. The molecule has 5 aromatic carbocycles. The van der Waals surface area contributed by atoms with Crippen LogP contribution in [0.4, 0.5) is 0 Å². The molecule has 0 spiro atoms. The van der Waals surface area contributed by atoms with Crippen LogP contribution in [0.2, 0.25) is 0 Å². The van der Waals surface area contributed by atoms with E-state index in [1.807, 2.05) is 12.3 Å². The number of hydrogen-bond acceptors (Lipinski definition) is 3. The summed E-state index contributed by atoms with van der Waals surface area (Å²) in [6.45, 7) is 0. The molecule has 232 valence electrons. The molecule has 0 radical (unpaired) electrons. The predicted octanol–water partition coefficient (Wildman–Crippen LogP) is 11.4. The van der Waals surface area contributed by atoms with Crippen LogP contribution >= 0.6 is 0 Å². The number of aromatic nitrogens is 4. The van der Waals surface area contributed by atoms with Crippen LogP contribution in [0, 0.1) is 0 Å². The molecule has 0 amide bonds. The zero-order chi connectivity index (χ0) is 32.6. The van der Waals surface area contributed by atoms with Gasteiger partial charge in [-0.25, -0.2) is 9.97 Å². The van der Waals surface area contributed by atoms with E-state index in [-0.39, 0.29) is 0 Å². The van der Waals surface area contributed by atoms with Crippen molar-refractivity contribution in [2.24, 2.45) is 0 Å². The van der Waals surface area contributed by atoms with Crippen molar-refractivity contribution in [1.29, 1.82) is 0 Å². The van der Waals surface area contributed by atoms with Crippen LogP contribution in [-0.4, -0.2) is 19.5 Å². The van der Waals surface area contributed by atoms with Crippen molar-refractivity contribution in [3.8, 4) is 50.5 Å². The number of benzene rings is 5. The van der Waals surface area contributed by atoms with Gasteiger partial charge in [-0.3, -0.25) is 4.98 Å². The molecule has 4 heteroatoms. The first kappa shape index (κ1) is 28.8. The SMILES string of the molecule is C1=CC(c2nc(-c3ccc(-c4cccnc4)cc3)cc(-c3ccc(-c4ccc5c6ccccc6n(-c6ccccc6)c5c4)cc3)n2)=CCC1. The van der Waals surface area contributed by atoms with Crippen molar-refractivity contribution in [2.75, 3.05) is 0 Å². The predicted molar refractivity (Wildman–Crippen MR) is 202 cm³/mol. The summed E-state index contributed by atoms with van der Waals surface area (Å²) in [6, 6.07) is 49.5. The second kappa shape index (κ2) is 12.3. The lowest BCUT2D eigenvalue weighted by Gasteiger charge is -2.12. The zero-order valence-corrected chi connectivity index (χ0v) is 26.9. The Kier molecular flexibility index (Phi) is 7.25. The summed E-state index contributed by atoms with van der Waals surface area (Å²) in [5, 5.41) is 2.51. The Morgan fingerprint density at radius 1 is 0.490 bits per heavy atom. The van der Waals surface area contributed by atoms with Crippen molar-refractivity contribution in [1.82, 2.24) is 19.5 Å². The summed E-state index contributed by atoms with van der Waals surface area (Å²) < 4.78 is 2.37. The van der Waals surface area contributed by atoms with Crippen LogP contribution in [0.25, 0.3) is 77.8 Å². The molecule has 8 aromatic rings. The quantitative estimate of drug-likeness (QED) is 0.184. The summed E-state index contributed by atoms with van der Waals surface area (Å²) in [5.74, 6) is 0.753. The van der Waals surface area contributed by atoms with Crippen LogP contribution in [0.15, 0.2) is 170 Å². The highest BCUT2D eigenvalue weighted by Crippen LogP contribution is 2.36. The third-order valence-corrected chi connectivity index (χ3v) is 9.36. The van der Waals surface area contributed by atoms with Crippen LogP contribution in [0.3, 0.4) is 0 Å². The number of rotatable bonds is 6. The lowest BCUT2D eigenvalue weighted by atomic mass is 9.99. The monoisotopic (exact) mass is 628 g/mol. The second-order valence-corrected chi connectivity index (χ2v) is 12.4. The van der Waals surface area contributed by atoms with Gasteiger partial charge in [-0.1, -0.05) is 121 Å². The van der Waals surface area contributed by atoms with Crippen molar-refractivity contribution in [2.45, 2.75) is 12.8 Å². The largest absolute Gasteiger partial charge is 0.309 e. The highest BCUT2D eigenvalue weighted by atomic mass is 15.0. The second-order valence-electron chi connectivity index (χ2n) is 12.4. The van der Waals surface area contributed by atoms with Gasteiger partial charge in [-0.2, -0.15) is 0 Å². The topological polar surface area (TPSA) is 43.6 Å². The van der Waals surface area contributed by atoms with Gasteiger partial charge in [0.25, 0.3) is 0 Å². The van der Waals surface area contributed by atoms with Gasteiger partial charge >= 0.3 is 0 Å². The number of nitrogens with zero attached hydrogens (tertiary/aromatic N) is 4. The summed E-state index contributed by atoms with van der Waals surface area (Å²) in [7, 11) is 0. The van der Waals surface area contributed by atoms with E-state index < -0.39 is 0 Å². The molecule has 0 saturated heterocycles. The number of hydrogen-bond donors (Lipinski definition) is 0. The number of para-hydroxylation sites is 2. The minimum atomic E-state index is 0.753. The smallest absolute Gasteiger partial charge is 0.160 e. The maximum Gasteiger partial charge on any atom is 0.160 e.